The van der Waals surface area contributed by atoms with E-state index in [1.54, 1.807) is 14.2 Å². The van der Waals surface area contributed by atoms with Gasteiger partial charge in [0, 0.05) is 0 Å². The minimum atomic E-state index is 0.0276. The van der Waals surface area contributed by atoms with Gasteiger partial charge in [0.05, 0.1) is 19.6 Å². The van der Waals surface area contributed by atoms with Crippen LogP contribution in [0.2, 0.25) is 0 Å². The van der Waals surface area contributed by atoms with Gasteiger partial charge in [0.1, 0.15) is 0 Å². The van der Waals surface area contributed by atoms with Crippen molar-refractivity contribution < 1.29 is 9.47 Å². The van der Waals surface area contributed by atoms with Crippen LogP contribution in [0.4, 0.5) is 0 Å². The Morgan fingerprint density at radius 3 is 2.22 bits per heavy atom. The molecule has 0 bridgehead atoms. The largest absolute Gasteiger partial charge is 0.493 e. The van der Waals surface area contributed by atoms with Gasteiger partial charge in [-0.1, -0.05) is 20.3 Å². The van der Waals surface area contributed by atoms with Gasteiger partial charge >= 0.3 is 0 Å². The first kappa shape index (κ1) is 15.2. The molecule has 3 heteroatoms. The normalized spacial score (nSPS) is 14.1. The maximum absolute atomic E-state index is 6.51. The van der Waals surface area contributed by atoms with Gasteiger partial charge in [0.15, 0.2) is 11.5 Å². The molecule has 0 spiro atoms. The first-order valence-electron chi connectivity index (χ1n) is 6.40. The van der Waals surface area contributed by atoms with Crippen LogP contribution >= 0.6 is 11.6 Å². The Morgan fingerprint density at radius 2 is 1.72 bits per heavy atom. The van der Waals surface area contributed by atoms with E-state index in [-0.39, 0.29) is 5.38 Å². The van der Waals surface area contributed by atoms with Crippen molar-refractivity contribution in [3.8, 4) is 11.5 Å². The summed E-state index contributed by atoms with van der Waals surface area (Å²) in [5.74, 6) is 2.12. The van der Waals surface area contributed by atoms with Gasteiger partial charge in [-0.15, -0.1) is 11.6 Å². The van der Waals surface area contributed by atoms with Crippen molar-refractivity contribution in [1.82, 2.24) is 0 Å². The van der Waals surface area contributed by atoms with Crippen molar-refractivity contribution in [2.45, 2.75) is 39.0 Å². The molecule has 0 aromatic heterocycles. The Balaban J connectivity index is 3.01. The number of methoxy groups -OCH3 is 2. The second-order valence-corrected chi connectivity index (χ2v) is 5.31. The fourth-order valence-corrected chi connectivity index (χ4v) is 2.52. The number of hydrogen-bond acceptors (Lipinski definition) is 2. The molecule has 2 nitrogen and oxygen atoms in total. The van der Waals surface area contributed by atoms with E-state index in [2.05, 4.69) is 20.8 Å². The van der Waals surface area contributed by atoms with Crippen LogP contribution in [0.15, 0.2) is 12.1 Å². The molecule has 1 aromatic carbocycles. The summed E-state index contributed by atoms with van der Waals surface area (Å²) >= 11 is 6.51. The van der Waals surface area contributed by atoms with Gasteiger partial charge in [-0.05, 0) is 42.5 Å². The molecule has 0 radical (unpaired) electrons. The molecular formula is C15H23ClO2. The summed E-state index contributed by atoms with van der Waals surface area (Å²) < 4.78 is 10.6. The number of aryl methyl sites for hydroxylation is 1. The molecule has 0 heterocycles. The van der Waals surface area contributed by atoms with Gasteiger partial charge in [-0.2, -0.15) is 0 Å². The van der Waals surface area contributed by atoms with Gasteiger partial charge in [0.25, 0.3) is 0 Å². The SMILES string of the molecule is CCC(C)CC(Cl)c1cc(OC)c(OC)cc1C. The highest BCUT2D eigenvalue weighted by molar-refractivity contribution is 6.20. The smallest absolute Gasteiger partial charge is 0.161 e. The highest BCUT2D eigenvalue weighted by Gasteiger charge is 2.17. The van der Waals surface area contributed by atoms with Crippen molar-refractivity contribution in [1.29, 1.82) is 0 Å². The predicted octanol–water partition coefficient (Wildman–Crippen LogP) is 4.73. The van der Waals surface area contributed by atoms with E-state index in [1.807, 2.05) is 12.1 Å². The van der Waals surface area contributed by atoms with Crippen LogP contribution < -0.4 is 9.47 Å². The number of alkyl halides is 1. The van der Waals surface area contributed by atoms with E-state index in [9.17, 15) is 0 Å². The molecule has 0 saturated carbocycles. The Kier molecular flexibility index (Phi) is 5.80. The zero-order valence-electron chi connectivity index (χ0n) is 11.9. The van der Waals surface area contributed by atoms with Crippen molar-refractivity contribution in [2.24, 2.45) is 5.92 Å². The van der Waals surface area contributed by atoms with Crippen LogP contribution in [0.5, 0.6) is 11.5 Å². The third-order valence-corrected chi connectivity index (χ3v) is 3.83. The van der Waals surface area contributed by atoms with Crippen molar-refractivity contribution in [3.05, 3.63) is 23.3 Å². The Bertz CT molecular complexity index is 390. The number of rotatable bonds is 6. The van der Waals surface area contributed by atoms with Crippen LogP contribution in [0.3, 0.4) is 0 Å². The Morgan fingerprint density at radius 1 is 1.17 bits per heavy atom. The Labute approximate surface area is 115 Å². The summed E-state index contributed by atoms with van der Waals surface area (Å²) in [4.78, 5) is 0. The average molecular weight is 271 g/mol. The number of hydrogen-bond donors (Lipinski definition) is 0. The molecule has 2 atom stereocenters. The molecule has 1 rings (SSSR count). The molecule has 0 fully saturated rings. The average Bonchev–Trinajstić information content (AvgIpc) is 2.37. The predicted molar refractivity (Wildman–Crippen MR) is 76.9 cm³/mol. The Hall–Kier alpha value is -0.890. The maximum Gasteiger partial charge on any atom is 0.161 e. The zero-order valence-corrected chi connectivity index (χ0v) is 12.7. The van der Waals surface area contributed by atoms with Crippen LogP contribution in [-0.4, -0.2) is 14.2 Å². The van der Waals surface area contributed by atoms with Gasteiger partial charge in [0.2, 0.25) is 0 Å². The van der Waals surface area contributed by atoms with E-state index in [4.69, 9.17) is 21.1 Å². The minimum Gasteiger partial charge on any atom is -0.493 e. The second kappa shape index (κ2) is 6.89. The summed E-state index contributed by atoms with van der Waals surface area (Å²) in [5.41, 5.74) is 2.28. The highest BCUT2D eigenvalue weighted by Crippen LogP contribution is 2.37. The van der Waals surface area contributed by atoms with Crippen LogP contribution in [0.25, 0.3) is 0 Å². The third kappa shape index (κ3) is 3.55. The van der Waals surface area contributed by atoms with Crippen molar-refractivity contribution in [2.75, 3.05) is 14.2 Å². The van der Waals surface area contributed by atoms with E-state index in [0.29, 0.717) is 5.92 Å². The number of ether oxygens (including phenoxy) is 2. The van der Waals surface area contributed by atoms with E-state index < -0.39 is 0 Å². The number of benzene rings is 1. The first-order valence-corrected chi connectivity index (χ1v) is 6.83. The van der Waals surface area contributed by atoms with Crippen molar-refractivity contribution in [3.63, 3.8) is 0 Å². The first-order chi connectivity index (χ1) is 8.53. The molecule has 0 amide bonds. The molecule has 102 valence electrons. The second-order valence-electron chi connectivity index (χ2n) is 4.78. The highest BCUT2D eigenvalue weighted by atomic mass is 35.5. The van der Waals surface area contributed by atoms with E-state index in [0.717, 1.165) is 35.5 Å². The molecule has 18 heavy (non-hydrogen) atoms. The lowest BCUT2D eigenvalue weighted by molar-refractivity contribution is 0.354. The topological polar surface area (TPSA) is 18.5 Å². The van der Waals surface area contributed by atoms with Crippen LogP contribution in [0.1, 0.15) is 43.2 Å². The molecule has 0 aliphatic carbocycles. The van der Waals surface area contributed by atoms with E-state index in [1.165, 1.54) is 0 Å². The summed E-state index contributed by atoms with van der Waals surface area (Å²) in [7, 11) is 3.29. The molecule has 0 aliphatic rings. The monoisotopic (exact) mass is 270 g/mol. The van der Waals surface area contributed by atoms with Gasteiger partial charge in [-0.25, -0.2) is 0 Å². The third-order valence-electron chi connectivity index (χ3n) is 3.42. The summed E-state index contributed by atoms with van der Waals surface area (Å²) in [5, 5.41) is 0.0276. The summed E-state index contributed by atoms with van der Waals surface area (Å²) in [6.45, 7) is 6.48. The molecule has 0 saturated heterocycles. The lowest BCUT2D eigenvalue weighted by atomic mass is 9.95. The molecule has 0 N–H and O–H groups in total. The van der Waals surface area contributed by atoms with Crippen molar-refractivity contribution >= 4 is 11.6 Å². The van der Waals surface area contributed by atoms with Gasteiger partial charge in [-0.3, -0.25) is 0 Å². The summed E-state index contributed by atoms with van der Waals surface area (Å²) in [6.07, 6.45) is 2.13. The lowest BCUT2D eigenvalue weighted by Gasteiger charge is -2.18. The minimum absolute atomic E-state index is 0.0276. The molecule has 0 aliphatic heterocycles. The quantitative estimate of drug-likeness (QED) is 0.696. The van der Waals surface area contributed by atoms with Crippen LogP contribution in [0, 0.1) is 12.8 Å². The lowest BCUT2D eigenvalue weighted by Crippen LogP contribution is -2.02. The fourth-order valence-electron chi connectivity index (χ4n) is 1.98. The summed E-state index contributed by atoms with van der Waals surface area (Å²) in [6, 6.07) is 3.98. The molecular weight excluding hydrogens is 248 g/mol. The fraction of sp³-hybridized carbons (Fsp3) is 0.600. The van der Waals surface area contributed by atoms with Crippen LogP contribution in [-0.2, 0) is 0 Å². The zero-order chi connectivity index (χ0) is 13.7. The standard InChI is InChI=1S/C15H23ClO2/c1-6-10(2)7-13(16)12-9-15(18-5)14(17-4)8-11(12)3/h8-10,13H,6-7H2,1-5H3. The molecule has 1 aromatic rings. The van der Waals surface area contributed by atoms with E-state index >= 15 is 0 Å². The maximum atomic E-state index is 6.51. The van der Waals surface area contributed by atoms with Gasteiger partial charge < -0.3 is 9.47 Å². The molecule has 2 unspecified atom stereocenters. The number of halogens is 1.